The number of pyridine rings is 1. The molecule has 128 valence electrons. The van der Waals surface area contributed by atoms with Gasteiger partial charge in [0.25, 0.3) is 0 Å². The van der Waals surface area contributed by atoms with Crippen LogP contribution in [-0.2, 0) is 16.8 Å². The van der Waals surface area contributed by atoms with E-state index in [9.17, 15) is 14.3 Å². The first kappa shape index (κ1) is 15.8. The van der Waals surface area contributed by atoms with E-state index in [0.29, 0.717) is 24.2 Å². The molecule has 1 aliphatic heterocycles. The van der Waals surface area contributed by atoms with Gasteiger partial charge in [0.2, 0.25) is 5.91 Å². The van der Waals surface area contributed by atoms with Crippen molar-refractivity contribution in [1.29, 1.82) is 0 Å². The largest absolute Gasteiger partial charge is 0.383 e. The summed E-state index contributed by atoms with van der Waals surface area (Å²) in [5.41, 5.74) is 1.02. The third-order valence-electron chi connectivity index (χ3n) is 4.73. The third kappa shape index (κ3) is 3.00. The molecule has 5 nitrogen and oxygen atoms in total. The minimum Gasteiger partial charge on any atom is -0.383 e. The first-order chi connectivity index (χ1) is 12.0. The minimum absolute atomic E-state index is 0.0681. The number of hydrogen-bond donors (Lipinski definition) is 1. The second kappa shape index (κ2) is 5.97. The van der Waals surface area contributed by atoms with Gasteiger partial charge in [-0.15, -0.1) is 0 Å². The summed E-state index contributed by atoms with van der Waals surface area (Å²) in [7, 11) is 0. The van der Waals surface area contributed by atoms with Crippen LogP contribution in [0, 0.1) is 5.82 Å². The van der Waals surface area contributed by atoms with Crippen molar-refractivity contribution in [2.24, 2.45) is 0 Å². The quantitative estimate of drug-likeness (QED) is 0.795. The summed E-state index contributed by atoms with van der Waals surface area (Å²) in [4.78, 5) is 18.7. The van der Waals surface area contributed by atoms with Gasteiger partial charge in [0.05, 0.1) is 18.7 Å². The Morgan fingerprint density at radius 2 is 2.04 bits per heavy atom. The lowest BCUT2D eigenvalue weighted by molar-refractivity contribution is -0.130. The highest BCUT2D eigenvalue weighted by Crippen LogP contribution is 2.32. The average Bonchev–Trinajstić information content (AvgIpc) is 3.19. The van der Waals surface area contributed by atoms with Gasteiger partial charge in [-0.3, -0.25) is 4.79 Å². The summed E-state index contributed by atoms with van der Waals surface area (Å²) >= 11 is 0. The molecule has 0 aliphatic carbocycles. The van der Waals surface area contributed by atoms with E-state index >= 15 is 0 Å². The Kier molecular flexibility index (Phi) is 3.77. The molecule has 3 aromatic rings. The molecule has 25 heavy (non-hydrogen) atoms. The number of carbonyl (C=O) groups is 1. The maximum Gasteiger partial charge on any atom is 0.228 e. The number of aromatic nitrogens is 2. The fourth-order valence-corrected chi connectivity index (χ4v) is 3.34. The Balaban J connectivity index is 1.47. The smallest absolute Gasteiger partial charge is 0.228 e. The van der Waals surface area contributed by atoms with Gasteiger partial charge in [0.1, 0.15) is 17.1 Å². The van der Waals surface area contributed by atoms with Crippen molar-refractivity contribution in [3.8, 4) is 0 Å². The van der Waals surface area contributed by atoms with Crippen molar-refractivity contribution in [1.82, 2.24) is 14.3 Å². The number of aliphatic hydroxyl groups is 1. The highest BCUT2D eigenvalue weighted by atomic mass is 19.1. The van der Waals surface area contributed by atoms with E-state index in [1.54, 1.807) is 17.0 Å². The van der Waals surface area contributed by atoms with Crippen LogP contribution in [0.25, 0.3) is 5.65 Å². The molecule has 2 aromatic heterocycles. The standard InChI is InChI=1S/C19H18FN3O2/c20-15-6-4-14(5-7-15)19(25)8-10-23(13-19)18(24)11-16-12-22-9-2-1-3-17(22)21-16/h1-7,9,12,25H,8,10-11,13H2. The maximum atomic E-state index is 13.1. The maximum absolute atomic E-state index is 13.1. The molecule has 1 aromatic carbocycles. The number of halogens is 1. The Morgan fingerprint density at radius 1 is 1.24 bits per heavy atom. The lowest BCUT2D eigenvalue weighted by Crippen LogP contribution is -2.35. The highest BCUT2D eigenvalue weighted by molar-refractivity contribution is 5.79. The Bertz CT molecular complexity index is 889. The molecule has 0 spiro atoms. The number of β-amino-alcohol motifs (C(OH)–C–C–N with tert-alkyl or cyclic N) is 1. The molecular weight excluding hydrogens is 321 g/mol. The lowest BCUT2D eigenvalue weighted by atomic mass is 9.93. The van der Waals surface area contributed by atoms with Crippen molar-refractivity contribution < 1.29 is 14.3 Å². The molecule has 0 radical (unpaired) electrons. The normalized spacial score (nSPS) is 20.3. The molecule has 3 heterocycles. The van der Waals surface area contributed by atoms with Crippen molar-refractivity contribution >= 4 is 11.6 Å². The van der Waals surface area contributed by atoms with E-state index in [-0.39, 0.29) is 24.7 Å². The topological polar surface area (TPSA) is 57.8 Å². The summed E-state index contributed by atoms with van der Waals surface area (Å²) in [5.74, 6) is -0.411. The van der Waals surface area contributed by atoms with E-state index < -0.39 is 5.60 Å². The van der Waals surface area contributed by atoms with Gasteiger partial charge >= 0.3 is 0 Å². The number of benzene rings is 1. The van der Waals surface area contributed by atoms with Crippen LogP contribution in [0.5, 0.6) is 0 Å². The average molecular weight is 339 g/mol. The first-order valence-corrected chi connectivity index (χ1v) is 8.22. The van der Waals surface area contributed by atoms with Crippen LogP contribution >= 0.6 is 0 Å². The van der Waals surface area contributed by atoms with Gasteiger partial charge < -0.3 is 14.4 Å². The summed E-state index contributed by atoms with van der Waals surface area (Å²) in [6.45, 7) is 0.685. The van der Waals surface area contributed by atoms with Crippen molar-refractivity contribution in [2.75, 3.05) is 13.1 Å². The zero-order valence-electron chi connectivity index (χ0n) is 13.6. The molecular formula is C19H18FN3O2. The van der Waals surface area contributed by atoms with Gasteiger partial charge in [-0.1, -0.05) is 18.2 Å². The van der Waals surface area contributed by atoms with Crippen LogP contribution in [0.4, 0.5) is 4.39 Å². The Morgan fingerprint density at radius 3 is 2.80 bits per heavy atom. The molecule has 1 saturated heterocycles. The molecule has 6 heteroatoms. The molecule has 0 saturated carbocycles. The van der Waals surface area contributed by atoms with E-state index in [0.717, 1.165) is 5.65 Å². The molecule has 1 amide bonds. The predicted octanol–water partition coefficient (Wildman–Crippen LogP) is 2.14. The molecule has 1 fully saturated rings. The molecule has 1 aliphatic rings. The number of rotatable bonds is 3. The van der Waals surface area contributed by atoms with Gasteiger partial charge in [-0.2, -0.15) is 0 Å². The second-order valence-electron chi connectivity index (χ2n) is 6.48. The summed E-state index contributed by atoms with van der Waals surface area (Å²) in [6, 6.07) is 11.5. The highest BCUT2D eigenvalue weighted by Gasteiger charge is 2.39. The van der Waals surface area contributed by atoms with E-state index in [2.05, 4.69) is 4.98 Å². The number of likely N-dealkylation sites (tertiary alicyclic amines) is 1. The number of nitrogens with zero attached hydrogens (tertiary/aromatic N) is 3. The summed E-state index contributed by atoms with van der Waals surface area (Å²) in [5, 5.41) is 10.8. The number of amides is 1. The van der Waals surface area contributed by atoms with Crippen molar-refractivity contribution in [2.45, 2.75) is 18.4 Å². The number of fused-ring (bicyclic) bond motifs is 1. The summed E-state index contributed by atoms with van der Waals surface area (Å²) in [6.07, 6.45) is 4.37. The number of imidazole rings is 1. The third-order valence-corrected chi connectivity index (χ3v) is 4.73. The monoisotopic (exact) mass is 339 g/mol. The first-order valence-electron chi connectivity index (χ1n) is 8.22. The van der Waals surface area contributed by atoms with Gasteiger partial charge in [-0.05, 0) is 36.2 Å². The fraction of sp³-hybridized carbons (Fsp3) is 0.263. The van der Waals surface area contributed by atoms with Gasteiger partial charge in [0, 0.05) is 18.9 Å². The van der Waals surface area contributed by atoms with Crippen LogP contribution in [0.2, 0.25) is 0 Å². The molecule has 1 unspecified atom stereocenters. The number of hydrogen-bond acceptors (Lipinski definition) is 3. The lowest BCUT2D eigenvalue weighted by Gasteiger charge is -2.24. The van der Waals surface area contributed by atoms with Crippen LogP contribution in [0.3, 0.4) is 0 Å². The second-order valence-corrected chi connectivity index (χ2v) is 6.48. The van der Waals surface area contributed by atoms with Gasteiger partial charge in [0.15, 0.2) is 0 Å². The van der Waals surface area contributed by atoms with Crippen LogP contribution in [-0.4, -0.2) is 38.4 Å². The number of carbonyl (C=O) groups excluding carboxylic acids is 1. The molecule has 1 atom stereocenters. The zero-order chi connectivity index (χ0) is 17.4. The minimum atomic E-state index is -1.12. The van der Waals surface area contributed by atoms with Gasteiger partial charge in [-0.25, -0.2) is 9.37 Å². The van der Waals surface area contributed by atoms with E-state index in [1.807, 2.05) is 35.0 Å². The summed E-state index contributed by atoms with van der Waals surface area (Å²) < 4.78 is 15.0. The Hall–Kier alpha value is -2.73. The molecule has 0 bridgehead atoms. The molecule has 1 N–H and O–H groups in total. The Labute approximate surface area is 144 Å². The van der Waals surface area contributed by atoms with E-state index in [4.69, 9.17) is 0 Å². The predicted molar refractivity (Wildman–Crippen MR) is 90.4 cm³/mol. The van der Waals surface area contributed by atoms with Crippen LogP contribution in [0.15, 0.2) is 54.9 Å². The zero-order valence-corrected chi connectivity index (χ0v) is 13.6. The SMILES string of the molecule is O=C(Cc1cn2ccccc2n1)N1CCC(O)(c2ccc(F)cc2)C1. The van der Waals surface area contributed by atoms with E-state index in [1.165, 1.54) is 12.1 Å². The van der Waals surface area contributed by atoms with Crippen LogP contribution < -0.4 is 0 Å². The van der Waals surface area contributed by atoms with Crippen LogP contribution in [0.1, 0.15) is 17.7 Å². The van der Waals surface area contributed by atoms with Crippen molar-refractivity contribution in [3.05, 3.63) is 71.9 Å². The van der Waals surface area contributed by atoms with Crippen molar-refractivity contribution in [3.63, 3.8) is 0 Å². The molecule has 4 rings (SSSR count). The fourth-order valence-electron chi connectivity index (χ4n) is 3.34.